The molecule has 1 N–H and O–H groups in total. The molecule has 1 aromatic carbocycles. The lowest BCUT2D eigenvalue weighted by molar-refractivity contribution is 0.0655. The van der Waals surface area contributed by atoms with Gasteiger partial charge >= 0.3 is 0 Å². The molecule has 1 amide bonds. The molecule has 0 aliphatic carbocycles. The van der Waals surface area contributed by atoms with Crippen molar-refractivity contribution < 1.29 is 13.2 Å². The summed E-state index contributed by atoms with van der Waals surface area (Å²) in [5.41, 5.74) is 0.414. The van der Waals surface area contributed by atoms with Crippen molar-refractivity contribution in [3.63, 3.8) is 0 Å². The Hall–Kier alpha value is -1.15. The second-order valence-corrected chi connectivity index (χ2v) is 8.19. The predicted octanol–water partition coefficient (Wildman–Crippen LogP) is 1.57. The van der Waals surface area contributed by atoms with Gasteiger partial charge in [0.25, 0.3) is 5.91 Å². The van der Waals surface area contributed by atoms with Crippen molar-refractivity contribution in [1.82, 2.24) is 14.5 Å². The minimum Gasteiger partial charge on any atom is -0.333 e. The summed E-state index contributed by atoms with van der Waals surface area (Å²) in [4.78, 5) is 14.6. The standard InChI is InChI=1S/C16H25N3O3S.ClH/c1-12(2)18(4)23(21,22)15-7-5-6-14(10-15)16(20)19-9-8-17-11-13(19)3;/h5-7,10,12-13,17H,8-9,11H2,1-4H3;1H/t13-;/m1./s1. The maximum Gasteiger partial charge on any atom is 0.254 e. The maximum absolute atomic E-state index is 12.7. The van der Waals surface area contributed by atoms with Gasteiger partial charge in [0.15, 0.2) is 0 Å². The van der Waals surface area contributed by atoms with Gasteiger partial charge in [-0.05, 0) is 39.0 Å². The lowest BCUT2D eigenvalue weighted by Crippen LogP contribution is -2.52. The molecule has 1 saturated heterocycles. The van der Waals surface area contributed by atoms with Crippen LogP contribution in [-0.4, -0.2) is 62.3 Å². The number of benzene rings is 1. The molecule has 0 aromatic heterocycles. The van der Waals surface area contributed by atoms with Gasteiger partial charge < -0.3 is 10.2 Å². The second kappa shape index (κ2) is 8.29. The van der Waals surface area contributed by atoms with Gasteiger partial charge in [-0.2, -0.15) is 4.31 Å². The quantitative estimate of drug-likeness (QED) is 0.867. The van der Waals surface area contributed by atoms with Crippen LogP contribution in [0.2, 0.25) is 0 Å². The highest BCUT2D eigenvalue weighted by molar-refractivity contribution is 7.89. The minimum atomic E-state index is -3.59. The van der Waals surface area contributed by atoms with Gasteiger partial charge in [0.2, 0.25) is 10.0 Å². The first-order valence-corrected chi connectivity index (χ1v) is 9.29. The highest BCUT2D eigenvalue weighted by Gasteiger charge is 2.27. The first-order chi connectivity index (χ1) is 10.7. The van der Waals surface area contributed by atoms with Gasteiger partial charge in [-0.25, -0.2) is 8.42 Å². The van der Waals surface area contributed by atoms with Crippen LogP contribution < -0.4 is 5.32 Å². The molecule has 136 valence electrons. The maximum atomic E-state index is 12.7. The van der Waals surface area contributed by atoms with Crippen molar-refractivity contribution in [2.75, 3.05) is 26.7 Å². The normalized spacial score (nSPS) is 18.6. The van der Waals surface area contributed by atoms with Crippen LogP contribution in [0.4, 0.5) is 0 Å². The van der Waals surface area contributed by atoms with Crippen LogP contribution in [0.1, 0.15) is 31.1 Å². The summed E-state index contributed by atoms with van der Waals surface area (Å²) < 4.78 is 26.5. The number of carbonyl (C=O) groups excluding carboxylic acids is 1. The highest BCUT2D eigenvalue weighted by atomic mass is 35.5. The SMILES string of the molecule is CC(C)N(C)S(=O)(=O)c1cccc(C(=O)N2CCNC[C@H]2C)c1.Cl. The van der Waals surface area contributed by atoms with E-state index in [-0.39, 0.29) is 35.3 Å². The Morgan fingerprint density at radius 3 is 2.62 bits per heavy atom. The van der Waals surface area contributed by atoms with Crippen LogP contribution in [0.3, 0.4) is 0 Å². The average Bonchev–Trinajstić information content (AvgIpc) is 2.54. The first kappa shape index (κ1) is 20.9. The molecule has 0 spiro atoms. The number of amides is 1. The molecule has 8 heteroatoms. The summed E-state index contributed by atoms with van der Waals surface area (Å²) in [6.07, 6.45) is 0. The van der Waals surface area contributed by atoms with Gasteiger partial charge in [-0.1, -0.05) is 6.07 Å². The largest absolute Gasteiger partial charge is 0.333 e. The number of nitrogens with one attached hydrogen (secondary N) is 1. The molecule has 0 bridgehead atoms. The molecule has 24 heavy (non-hydrogen) atoms. The van der Waals surface area contributed by atoms with E-state index < -0.39 is 10.0 Å². The fourth-order valence-electron chi connectivity index (χ4n) is 2.54. The Bertz CT molecular complexity index is 679. The molecule has 2 rings (SSSR count). The third-order valence-corrected chi connectivity index (χ3v) is 6.28. The second-order valence-electron chi connectivity index (χ2n) is 6.19. The van der Waals surface area contributed by atoms with Crippen molar-refractivity contribution in [2.24, 2.45) is 0 Å². The van der Waals surface area contributed by atoms with Crippen molar-refractivity contribution in [3.05, 3.63) is 29.8 Å². The topological polar surface area (TPSA) is 69.7 Å². The van der Waals surface area contributed by atoms with Crippen LogP contribution in [0.15, 0.2) is 29.2 Å². The fraction of sp³-hybridized carbons (Fsp3) is 0.562. The molecule has 1 aliphatic rings. The van der Waals surface area contributed by atoms with Crippen LogP contribution in [0, 0.1) is 0 Å². The van der Waals surface area contributed by atoms with Gasteiger partial charge in [0.1, 0.15) is 0 Å². The monoisotopic (exact) mass is 375 g/mol. The van der Waals surface area contributed by atoms with E-state index in [1.165, 1.54) is 16.4 Å². The van der Waals surface area contributed by atoms with E-state index in [4.69, 9.17) is 0 Å². The Balaban J connectivity index is 0.00000288. The van der Waals surface area contributed by atoms with Crippen LogP contribution in [0.25, 0.3) is 0 Å². The molecule has 0 unspecified atom stereocenters. The minimum absolute atomic E-state index is 0. The Morgan fingerprint density at radius 2 is 2.04 bits per heavy atom. The summed E-state index contributed by atoms with van der Waals surface area (Å²) in [5.74, 6) is -0.122. The summed E-state index contributed by atoms with van der Waals surface area (Å²) in [6, 6.07) is 6.26. The number of nitrogens with zero attached hydrogens (tertiary/aromatic N) is 2. The molecule has 1 fully saturated rings. The van der Waals surface area contributed by atoms with E-state index in [2.05, 4.69) is 5.32 Å². The Morgan fingerprint density at radius 1 is 1.38 bits per heavy atom. The number of piperazine rings is 1. The third-order valence-electron chi connectivity index (χ3n) is 4.25. The van der Waals surface area contributed by atoms with Crippen molar-refractivity contribution >= 4 is 28.3 Å². The zero-order chi connectivity index (χ0) is 17.2. The van der Waals surface area contributed by atoms with Crippen molar-refractivity contribution in [3.8, 4) is 0 Å². The predicted molar refractivity (Wildman–Crippen MR) is 97.1 cm³/mol. The van der Waals surface area contributed by atoms with Crippen LogP contribution >= 0.6 is 12.4 Å². The van der Waals surface area contributed by atoms with Gasteiger partial charge in [-0.3, -0.25) is 4.79 Å². The molecule has 0 radical (unpaired) electrons. The summed E-state index contributed by atoms with van der Waals surface area (Å²) in [7, 11) is -2.04. The van der Waals surface area contributed by atoms with Gasteiger partial charge in [0, 0.05) is 44.3 Å². The molecule has 1 atom stereocenters. The summed E-state index contributed by atoms with van der Waals surface area (Å²) in [5, 5.41) is 3.24. The van der Waals surface area contributed by atoms with E-state index in [1.807, 2.05) is 20.8 Å². The molecule has 1 aliphatic heterocycles. The van der Waals surface area contributed by atoms with E-state index >= 15 is 0 Å². The van der Waals surface area contributed by atoms with Crippen LogP contribution in [0.5, 0.6) is 0 Å². The zero-order valence-electron chi connectivity index (χ0n) is 14.5. The fourth-order valence-corrected chi connectivity index (χ4v) is 3.96. The number of halogens is 1. The zero-order valence-corrected chi connectivity index (χ0v) is 16.2. The Kier molecular flexibility index (Phi) is 7.22. The van der Waals surface area contributed by atoms with Gasteiger partial charge in [-0.15, -0.1) is 12.4 Å². The average molecular weight is 376 g/mol. The van der Waals surface area contributed by atoms with Crippen molar-refractivity contribution in [1.29, 1.82) is 0 Å². The van der Waals surface area contributed by atoms with E-state index in [9.17, 15) is 13.2 Å². The first-order valence-electron chi connectivity index (χ1n) is 7.85. The number of sulfonamides is 1. The van der Waals surface area contributed by atoms with Crippen molar-refractivity contribution in [2.45, 2.75) is 37.8 Å². The number of carbonyl (C=O) groups is 1. The molecule has 1 heterocycles. The highest BCUT2D eigenvalue weighted by Crippen LogP contribution is 2.19. The third kappa shape index (κ3) is 4.27. The lowest BCUT2D eigenvalue weighted by Gasteiger charge is -2.34. The molecular formula is C16H26ClN3O3S. The molecule has 0 saturated carbocycles. The summed E-state index contributed by atoms with van der Waals surface area (Å²) in [6.45, 7) is 7.74. The molecular weight excluding hydrogens is 350 g/mol. The smallest absolute Gasteiger partial charge is 0.254 e. The summed E-state index contributed by atoms with van der Waals surface area (Å²) >= 11 is 0. The Labute approximate surface area is 150 Å². The lowest BCUT2D eigenvalue weighted by atomic mass is 10.1. The number of rotatable bonds is 4. The van der Waals surface area contributed by atoms with E-state index in [1.54, 1.807) is 24.1 Å². The van der Waals surface area contributed by atoms with E-state index in [0.717, 1.165) is 13.1 Å². The van der Waals surface area contributed by atoms with Crippen LogP contribution in [-0.2, 0) is 10.0 Å². The van der Waals surface area contributed by atoms with Gasteiger partial charge in [0.05, 0.1) is 4.90 Å². The van der Waals surface area contributed by atoms with E-state index in [0.29, 0.717) is 12.1 Å². The molecule has 6 nitrogen and oxygen atoms in total. The number of hydrogen-bond acceptors (Lipinski definition) is 4. The number of hydrogen-bond donors (Lipinski definition) is 1. The molecule has 1 aromatic rings.